The molecule has 8 nitrogen and oxygen atoms in total. The maximum atomic E-state index is 12.5. The highest BCUT2D eigenvalue weighted by Gasteiger charge is 2.47. The lowest BCUT2D eigenvalue weighted by Gasteiger charge is -2.35. The van der Waals surface area contributed by atoms with Crippen LogP contribution in [0.1, 0.15) is 12.8 Å². The molecule has 1 aromatic heterocycles. The molecule has 2 fully saturated rings. The number of fused-ring (bicyclic) bond motifs is 1. The Hall–Kier alpha value is -2.32. The van der Waals surface area contributed by atoms with Gasteiger partial charge in [0.05, 0.1) is 24.5 Å². The summed E-state index contributed by atoms with van der Waals surface area (Å²) in [7, 11) is 0. The minimum atomic E-state index is -0.731. The Morgan fingerprint density at radius 3 is 2.15 bits per heavy atom. The van der Waals surface area contributed by atoms with Crippen LogP contribution in [0.2, 0.25) is 0 Å². The molecule has 1 unspecified atom stereocenters. The van der Waals surface area contributed by atoms with Crippen molar-refractivity contribution in [3.8, 4) is 0 Å². The number of amides is 2. The maximum absolute atomic E-state index is 12.5. The van der Waals surface area contributed by atoms with Crippen LogP contribution in [0.15, 0.2) is 30.6 Å². The monoisotopic (exact) mass is 371 g/mol. The maximum Gasteiger partial charge on any atom is 0.233 e. The van der Waals surface area contributed by atoms with E-state index in [2.05, 4.69) is 19.8 Å². The number of carbonyl (C=O) groups excluding carboxylic acids is 2. The fourth-order valence-corrected chi connectivity index (χ4v) is 4.20. The summed E-state index contributed by atoms with van der Waals surface area (Å²) in [6, 6.07) is 1.79. The summed E-state index contributed by atoms with van der Waals surface area (Å²) in [4.78, 5) is 39.1. The quantitative estimate of drug-likeness (QED) is 0.571. The second kappa shape index (κ2) is 7.74. The van der Waals surface area contributed by atoms with Crippen LogP contribution in [-0.2, 0) is 9.59 Å². The van der Waals surface area contributed by atoms with Gasteiger partial charge in [-0.25, -0.2) is 9.97 Å². The molecule has 0 spiro atoms. The highest BCUT2D eigenvalue weighted by atomic mass is 16.3. The second-order valence-electron chi connectivity index (χ2n) is 7.43. The molecule has 1 aliphatic carbocycles. The molecular formula is C19H25N5O3. The Balaban J connectivity index is 1.27. The minimum Gasteiger partial charge on any atom is -0.390 e. The number of imide groups is 1. The van der Waals surface area contributed by atoms with E-state index in [9.17, 15) is 14.7 Å². The number of nitrogens with zero attached hydrogens (tertiary/aromatic N) is 5. The van der Waals surface area contributed by atoms with E-state index in [1.165, 1.54) is 4.90 Å². The van der Waals surface area contributed by atoms with Crippen molar-refractivity contribution in [2.75, 3.05) is 44.2 Å². The molecule has 144 valence electrons. The third kappa shape index (κ3) is 3.72. The molecule has 3 aliphatic rings. The lowest BCUT2D eigenvalue weighted by Crippen LogP contribution is -2.51. The highest BCUT2D eigenvalue weighted by molar-refractivity contribution is 6.05. The van der Waals surface area contributed by atoms with Crippen molar-refractivity contribution >= 4 is 17.8 Å². The zero-order valence-corrected chi connectivity index (χ0v) is 15.3. The molecule has 27 heavy (non-hydrogen) atoms. The number of hydrogen-bond donors (Lipinski definition) is 1. The van der Waals surface area contributed by atoms with E-state index in [1.54, 1.807) is 18.5 Å². The van der Waals surface area contributed by atoms with Gasteiger partial charge in [-0.05, 0) is 18.9 Å². The van der Waals surface area contributed by atoms with Crippen molar-refractivity contribution in [2.24, 2.45) is 11.8 Å². The molecule has 3 atom stereocenters. The van der Waals surface area contributed by atoms with Gasteiger partial charge < -0.3 is 10.0 Å². The van der Waals surface area contributed by atoms with Gasteiger partial charge in [0.2, 0.25) is 17.8 Å². The van der Waals surface area contributed by atoms with E-state index >= 15 is 0 Å². The third-order valence-corrected chi connectivity index (χ3v) is 5.67. The smallest absolute Gasteiger partial charge is 0.233 e. The van der Waals surface area contributed by atoms with Crippen LogP contribution in [0.5, 0.6) is 0 Å². The molecule has 2 amide bonds. The zero-order valence-electron chi connectivity index (χ0n) is 15.3. The van der Waals surface area contributed by atoms with Gasteiger partial charge in [-0.3, -0.25) is 19.4 Å². The Kier molecular flexibility index (Phi) is 5.18. The van der Waals surface area contributed by atoms with Crippen LogP contribution < -0.4 is 4.90 Å². The van der Waals surface area contributed by atoms with Gasteiger partial charge in [0, 0.05) is 45.1 Å². The van der Waals surface area contributed by atoms with Crippen LogP contribution in [0, 0.1) is 11.8 Å². The van der Waals surface area contributed by atoms with Gasteiger partial charge in [0.15, 0.2) is 0 Å². The number of aliphatic hydroxyl groups is 1. The predicted octanol–water partition coefficient (Wildman–Crippen LogP) is -0.0893. The molecule has 2 aliphatic heterocycles. The molecule has 2 saturated heterocycles. The Labute approximate surface area is 158 Å². The summed E-state index contributed by atoms with van der Waals surface area (Å²) in [6.45, 7) is 3.68. The molecule has 1 N–H and O–H groups in total. The summed E-state index contributed by atoms with van der Waals surface area (Å²) >= 11 is 0. The fourth-order valence-electron chi connectivity index (χ4n) is 4.20. The lowest BCUT2D eigenvalue weighted by atomic mass is 9.85. The molecule has 3 heterocycles. The summed E-state index contributed by atoms with van der Waals surface area (Å²) in [6.07, 6.45) is 7.94. The van der Waals surface area contributed by atoms with Crippen molar-refractivity contribution in [3.63, 3.8) is 0 Å². The van der Waals surface area contributed by atoms with Gasteiger partial charge in [0.25, 0.3) is 0 Å². The van der Waals surface area contributed by atoms with Crippen molar-refractivity contribution in [2.45, 2.75) is 18.9 Å². The first-order chi connectivity index (χ1) is 13.1. The first-order valence-electron chi connectivity index (χ1n) is 9.56. The fraction of sp³-hybridized carbons (Fsp3) is 0.579. The normalized spacial score (nSPS) is 27.1. The van der Waals surface area contributed by atoms with E-state index in [-0.39, 0.29) is 30.2 Å². The Bertz CT molecular complexity index is 691. The zero-order chi connectivity index (χ0) is 18.8. The first kappa shape index (κ1) is 18.1. The van der Waals surface area contributed by atoms with Crippen molar-refractivity contribution < 1.29 is 14.7 Å². The van der Waals surface area contributed by atoms with Crippen LogP contribution in [0.3, 0.4) is 0 Å². The first-order valence-corrected chi connectivity index (χ1v) is 9.56. The number of aromatic nitrogens is 2. The molecule has 0 saturated carbocycles. The lowest BCUT2D eigenvalue weighted by molar-refractivity contribution is -0.141. The van der Waals surface area contributed by atoms with Gasteiger partial charge in [-0.2, -0.15) is 0 Å². The van der Waals surface area contributed by atoms with Crippen molar-refractivity contribution in [1.82, 2.24) is 19.8 Å². The number of β-amino-alcohol motifs (C(OH)–C–C–N with tert-alkyl or cyclic N) is 1. The van der Waals surface area contributed by atoms with E-state index in [0.29, 0.717) is 19.4 Å². The summed E-state index contributed by atoms with van der Waals surface area (Å²) < 4.78 is 0. The molecule has 4 rings (SSSR count). The predicted molar refractivity (Wildman–Crippen MR) is 98.8 cm³/mol. The molecule has 1 aromatic rings. The average Bonchev–Trinajstić information content (AvgIpc) is 2.94. The van der Waals surface area contributed by atoms with Gasteiger partial charge in [0.1, 0.15) is 0 Å². The van der Waals surface area contributed by atoms with Crippen LogP contribution in [-0.4, -0.2) is 82.1 Å². The van der Waals surface area contributed by atoms with Crippen LogP contribution in [0.25, 0.3) is 0 Å². The largest absolute Gasteiger partial charge is 0.390 e. The molecule has 0 radical (unpaired) electrons. The molecular weight excluding hydrogens is 346 g/mol. The third-order valence-electron chi connectivity index (χ3n) is 5.67. The number of carbonyl (C=O) groups is 2. The van der Waals surface area contributed by atoms with E-state index < -0.39 is 6.10 Å². The number of rotatable bonds is 5. The number of hydrogen-bond acceptors (Lipinski definition) is 7. The van der Waals surface area contributed by atoms with Crippen molar-refractivity contribution in [3.05, 3.63) is 30.6 Å². The topological polar surface area (TPSA) is 89.9 Å². The SMILES string of the molecule is O=C1[C@H]2CC=CC[C@H]2C(=O)N1CC(O)CN1CCN(c2ncccn2)CC1. The number of likely N-dealkylation sites (tertiary alicyclic amines) is 1. The summed E-state index contributed by atoms with van der Waals surface area (Å²) in [5.74, 6) is 0.00861. The van der Waals surface area contributed by atoms with Gasteiger partial charge in [-0.15, -0.1) is 0 Å². The second-order valence-corrected chi connectivity index (χ2v) is 7.43. The number of anilines is 1. The van der Waals surface area contributed by atoms with Gasteiger partial charge in [-0.1, -0.05) is 12.2 Å². The summed E-state index contributed by atoms with van der Waals surface area (Å²) in [5, 5.41) is 10.5. The van der Waals surface area contributed by atoms with E-state index in [1.807, 2.05) is 12.2 Å². The number of allylic oxidation sites excluding steroid dienone is 2. The standard InChI is InChI=1S/C19H25N5O3/c25-14(13-24-17(26)15-4-1-2-5-16(15)18(24)27)12-22-8-10-23(11-9-22)19-20-6-3-7-21-19/h1-3,6-7,14-16,25H,4-5,8-13H2/t14?,15-,16+. The molecule has 8 heteroatoms. The van der Waals surface area contributed by atoms with E-state index in [0.717, 1.165) is 32.1 Å². The number of piperazine rings is 1. The Morgan fingerprint density at radius 2 is 1.56 bits per heavy atom. The Morgan fingerprint density at radius 1 is 0.963 bits per heavy atom. The highest BCUT2D eigenvalue weighted by Crippen LogP contribution is 2.35. The van der Waals surface area contributed by atoms with Gasteiger partial charge >= 0.3 is 0 Å². The minimum absolute atomic E-state index is 0.0900. The van der Waals surface area contributed by atoms with Crippen LogP contribution >= 0.6 is 0 Å². The molecule has 0 bridgehead atoms. The average molecular weight is 371 g/mol. The van der Waals surface area contributed by atoms with E-state index in [4.69, 9.17) is 0 Å². The van der Waals surface area contributed by atoms with Crippen molar-refractivity contribution in [1.29, 1.82) is 0 Å². The summed E-state index contributed by atoms with van der Waals surface area (Å²) in [5.41, 5.74) is 0. The molecule has 0 aromatic carbocycles. The number of aliphatic hydroxyl groups excluding tert-OH is 1. The van der Waals surface area contributed by atoms with Crippen LogP contribution in [0.4, 0.5) is 5.95 Å².